The van der Waals surface area contributed by atoms with E-state index in [1.165, 1.54) is 6.92 Å². The van der Waals surface area contributed by atoms with Gasteiger partial charge in [-0.1, -0.05) is 27.7 Å². The third-order valence-electron chi connectivity index (χ3n) is 3.70. The third-order valence-corrected chi connectivity index (χ3v) is 3.70. The van der Waals surface area contributed by atoms with Crippen molar-refractivity contribution in [2.45, 2.75) is 40.7 Å². The Morgan fingerprint density at radius 3 is 2.29 bits per heavy atom. The molecule has 0 bridgehead atoms. The van der Waals surface area contributed by atoms with Crippen molar-refractivity contribution in [3.8, 4) is 0 Å². The second-order valence-electron chi connectivity index (χ2n) is 5.43. The lowest BCUT2D eigenvalue weighted by Crippen LogP contribution is -2.59. The van der Waals surface area contributed by atoms with Gasteiger partial charge in [-0.3, -0.25) is 9.63 Å². The molecule has 0 aromatic heterocycles. The first-order valence-electron chi connectivity index (χ1n) is 5.30. The number of nitrogens with zero attached hydrogens (tertiary/aromatic N) is 1. The number of hydrogen-bond acceptors (Lipinski definition) is 3. The molecule has 1 amide bonds. The molecule has 1 saturated heterocycles. The van der Waals surface area contributed by atoms with Gasteiger partial charge in [0, 0.05) is 5.41 Å². The van der Waals surface area contributed by atoms with Crippen LogP contribution >= 0.6 is 24.0 Å². The maximum absolute atomic E-state index is 12.1. The molecule has 0 spiro atoms. The van der Waals surface area contributed by atoms with Crippen molar-refractivity contribution < 1.29 is 19.5 Å². The molecule has 1 rings (SSSR count). The highest BCUT2D eigenvalue weighted by molar-refractivity contribution is 14.0. The zero-order chi connectivity index (χ0) is 12.7. The predicted molar refractivity (Wildman–Crippen MR) is 72.9 cm³/mol. The van der Waals surface area contributed by atoms with Gasteiger partial charge in [0.15, 0.2) is 6.04 Å². The number of hydroxylamine groups is 2. The first-order valence-corrected chi connectivity index (χ1v) is 5.30. The highest BCUT2D eigenvalue weighted by Crippen LogP contribution is 2.44. The normalized spacial score (nSPS) is 23.8. The maximum Gasteiger partial charge on any atom is 0.328 e. The average Bonchev–Trinajstić information content (AvgIpc) is 2.14. The molecule has 0 aromatic rings. The lowest BCUT2D eigenvalue weighted by molar-refractivity contribution is -0.254. The summed E-state index contributed by atoms with van der Waals surface area (Å²) in [6.07, 6.45) is 0. The largest absolute Gasteiger partial charge is 0.480 e. The van der Waals surface area contributed by atoms with E-state index in [0.29, 0.717) is 6.61 Å². The summed E-state index contributed by atoms with van der Waals surface area (Å²) in [7, 11) is 0. The summed E-state index contributed by atoms with van der Waals surface area (Å²) in [5.41, 5.74) is -0.937. The van der Waals surface area contributed by atoms with Gasteiger partial charge in [-0.2, -0.15) is 0 Å². The van der Waals surface area contributed by atoms with E-state index in [2.05, 4.69) is 0 Å². The van der Waals surface area contributed by atoms with Crippen molar-refractivity contribution in [3.05, 3.63) is 0 Å². The van der Waals surface area contributed by atoms with Gasteiger partial charge >= 0.3 is 5.97 Å². The van der Waals surface area contributed by atoms with Crippen molar-refractivity contribution >= 4 is 35.9 Å². The first kappa shape index (κ1) is 16.6. The zero-order valence-corrected chi connectivity index (χ0v) is 13.1. The number of hydrogen-bond donors (Lipinski definition) is 1. The summed E-state index contributed by atoms with van der Waals surface area (Å²) in [5, 5.41) is 9.86. The third kappa shape index (κ3) is 2.73. The molecule has 1 aliphatic rings. The van der Waals surface area contributed by atoms with Gasteiger partial charge in [-0.25, -0.2) is 9.86 Å². The van der Waals surface area contributed by atoms with Gasteiger partial charge in [0.25, 0.3) is 5.91 Å². The minimum absolute atomic E-state index is 0. The maximum atomic E-state index is 12.1. The van der Waals surface area contributed by atoms with E-state index < -0.39 is 17.4 Å². The molecule has 1 atom stereocenters. The van der Waals surface area contributed by atoms with Crippen LogP contribution in [0.25, 0.3) is 0 Å². The van der Waals surface area contributed by atoms with Crippen LogP contribution in [0.1, 0.15) is 34.6 Å². The highest BCUT2D eigenvalue weighted by atomic mass is 127. The molecule has 100 valence electrons. The molecule has 1 N–H and O–H groups in total. The fraction of sp³-hybridized carbons (Fsp3) is 0.818. The molecule has 17 heavy (non-hydrogen) atoms. The number of aliphatic carboxylic acids is 1. The minimum atomic E-state index is -1.07. The summed E-state index contributed by atoms with van der Waals surface area (Å²) in [4.78, 5) is 28.3. The average molecular weight is 357 g/mol. The number of halogens is 1. The number of carbonyl (C=O) groups excluding carboxylic acids is 1. The van der Waals surface area contributed by atoms with Crippen LogP contribution < -0.4 is 0 Å². The summed E-state index contributed by atoms with van der Waals surface area (Å²) in [5.74, 6) is -1.34. The fourth-order valence-electron chi connectivity index (χ4n) is 1.42. The first-order chi connectivity index (χ1) is 7.11. The molecule has 6 heteroatoms. The Balaban J connectivity index is 0.00000256. The van der Waals surface area contributed by atoms with Crippen LogP contribution in [0.4, 0.5) is 0 Å². The second kappa shape index (κ2) is 5.09. The van der Waals surface area contributed by atoms with Crippen LogP contribution in [0.15, 0.2) is 0 Å². The molecule has 1 aliphatic heterocycles. The predicted octanol–water partition coefficient (Wildman–Crippen LogP) is 1.90. The Hall–Kier alpha value is -0.370. The van der Waals surface area contributed by atoms with Crippen LogP contribution in [0.2, 0.25) is 0 Å². The summed E-state index contributed by atoms with van der Waals surface area (Å²) in [6, 6.07) is -0.956. The zero-order valence-electron chi connectivity index (χ0n) is 10.8. The monoisotopic (exact) mass is 357 g/mol. The molecular formula is C11H20INO4. The quantitative estimate of drug-likeness (QED) is 0.767. The van der Waals surface area contributed by atoms with E-state index >= 15 is 0 Å². The fourth-order valence-corrected chi connectivity index (χ4v) is 1.42. The molecule has 0 aromatic carbocycles. The lowest BCUT2D eigenvalue weighted by Gasteiger charge is -2.48. The molecule has 1 heterocycles. The Kier molecular flexibility index (Phi) is 4.98. The topological polar surface area (TPSA) is 66.8 Å². The van der Waals surface area contributed by atoms with E-state index in [0.717, 1.165) is 5.06 Å². The van der Waals surface area contributed by atoms with Gasteiger partial charge in [0.1, 0.15) is 0 Å². The Labute approximate surface area is 118 Å². The van der Waals surface area contributed by atoms with Crippen molar-refractivity contribution in [1.82, 2.24) is 5.06 Å². The van der Waals surface area contributed by atoms with Gasteiger partial charge in [-0.05, 0) is 6.92 Å². The van der Waals surface area contributed by atoms with Crippen molar-refractivity contribution in [2.75, 3.05) is 6.61 Å². The number of carbonyl (C=O) groups is 2. The van der Waals surface area contributed by atoms with Gasteiger partial charge in [0.05, 0.1) is 12.0 Å². The molecule has 1 unspecified atom stereocenters. The van der Waals surface area contributed by atoms with Crippen LogP contribution in [0.3, 0.4) is 0 Å². The molecule has 0 saturated carbocycles. The number of amides is 1. The summed E-state index contributed by atoms with van der Waals surface area (Å²) < 4.78 is 0. The number of rotatable bonds is 2. The molecule has 1 fully saturated rings. The van der Waals surface area contributed by atoms with E-state index in [9.17, 15) is 9.59 Å². The van der Waals surface area contributed by atoms with E-state index in [-0.39, 0.29) is 35.3 Å². The second-order valence-corrected chi connectivity index (χ2v) is 5.43. The van der Waals surface area contributed by atoms with Gasteiger partial charge < -0.3 is 5.11 Å². The Morgan fingerprint density at radius 2 is 1.88 bits per heavy atom. The van der Waals surface area contributed by atoms with Gasteiger partial charge in [-0.15, -0.1) is 24.0 Å². The lowest BCUT2D eigenvalue weighted by atomic mass is 9.67. The van der Waals surface area contributed by atoms with Crippen molar-refractivity contribution in [1.29, 1.82) is 0 Å². The molecule has 5 nitrogen and oxygen atoms in total. The summed E-state index contributed by atoms with van der Waals surface area (Å²) >= 11 is 0. The smallest absolute Gasteiger partial charge is 0.328 e. The molecule has 0 radical (unpaired) electrons. The summed E-state index contributed by atoms with van der Waals surface area (Å²) in [6.45, 7) is 9.29. The van der Waals surface area contributed by atoms with Crippen LogP contribution in [0, 0.1) is 10.8 Å². The number of carboxylic acids is 1. The van der Waals surface area contributed by atoms with Crippen LogP contribution in [0.5, 0.6) is 0 Å². The highest BCUT2D eigenvalue weighted by Gasteiger charge is 2.51. The van der Waals surface area contributed by atoms with E-state index in [1.807, 2.05) is 27.7 Å². The number of carboxylic acid groups (broad SMARTS) is 1. The Morgan fingerprint density at radius 1 is 1.41 bits per heavy atom. The van der Waals surface area contributed by atoms with E-state index in [4.69, 9.17) is 9.94 Å². The van der Waals surface area contributed by atoms with Crippen LogP contribution in [-0.4, -0.2) is 34.7 Å². The molecule has 0 aliphatic carbocycles. The van der Waals surface area contributed by atoms with E-state index in [1.54, 1.807) is 0 Å². The standard InChI is InChI=1S/C11H19NO4.HI/c1-7(8(13)14)12-9(15)11(4,5)10(2,3)6-16-12;/h7H,6H2,1-5H3,(H,13,14);1H. The Bertz CT molecular complexity index is 327. The molecular weight excluding hydrogens is 337 g/mol. The SMILES string of the molecule is CC(C(=O)O)N1OCC(C)(C)C(C)(C)C1=O.I. The van der Waals surface area contributed by atoms with Crippen molar-refractivity contribution in [2.24, 2.45) is 10.8 Å². The van der Waals surface area contributed by atoms with Crippen molar-refractivity contribution in [3.63, 3.8) is 0 Å². The minimum Gasteiger partial charge on any atom is -0.480 e. The van der Waals surface area contributed by atoms with Crippen LogP contribution in [-0.2, 0) is 14.4 Å². The van der Waals surface area contributed by atoms with Gasteiger partial charge in [0.2, 0.25) is 0 Å².